The molecule has 2 aromatic heterocycles. The van der Waals surface area contributed by atoms with Crippen molar-refractivity contribution >= 4 is 23.5 Å². The highest BCUT2D eigenvalue weighted by atomic mass is 35.5. The number of carbonyl (C=O) groups is 2. The first-order valence-electron chi connectivity index (χ1n) is 9.50. The molecule has 1 atom stereocenters. The van der Waals surface area contributed by atoms with E-state index in [-0.39, 0.29) is 13.2 Å². The van der Waals surface area contributed by atoms with Gasteiger partial charge < -0.3 is 14.2 Å². The molecule has 0 aliphatic carbocycles. The Morgan fingerprint density at radius 3 is 2.00 bits per heavy atom. The van der Waals surface area contributed by atoms with E-state index in [0.717, 1.165) is 0 Å². The highest BCUT2D eigenvalue weighted by molar-refractivity contribution is 6.30. The van der Waals surface area contributed by atoms with Gasteiger partial charge in [0, 0.05) is 30.5 Å². The SMILES string of the molecule is Cc1c(C(=O)OCC(COc2ccc(Cl)cc2)OC(=O)c2cnn(C)c2C)cnn1C. The fourth-order valence-corrected chi connectivity index (χ4v) is 2.82. The van der Waals surface area contributed by atoms with Crippen molar-refractivity contribution in [3.63, 3.8) is 0 Å². The number of benzene rings is 1. The van der Waals surface area contributed by atoms with Gasteiger partial charge in [-0.25, -0.2) is 9.59 Å². The normalized spacial score (nSPS) is 11.8. The summed E-state index contributed by atoms with van der Waals surface area (Å²) in [6.45, 7) is 3.31. The van der Waals surface area contributed by atoms with Crippen LogP contribution in [0.5, 0.6) is 5.75 Å². The number of aryl methyl sites for hydroxylation is 2. The van der Waals surface area contributed by atoms with E-state index in [2.05, 4.69) is 10.2 Å². The smallest absolute Gasteiger partial charge is 0.342 e. The predicted octanol–water partition coefficient (Wildman–Crippen LogP) is 2.89. The van der Waals surface area contributed by atoms with E-state index in [1.165, 1.54) is 12.4 Å². The van der Waals surface area contributed by atoms with Crippen LogP contribution < -0.4 is 4.74 Å². The predicted molar refractivity (Wildman–Crippen MR) is 112 cm³/mol. The maximum atomic E-state index is 12.6. The number of halogens is 1. The first kappa shape index (κ1) is 22.4. The van der Waals surface area contributed by atoms with Gasteiger partial charge in [-0.15, -0.1) is 0 Å². The van der Waals surface area contributed by atoms with E-state index < -0.39 is 18.0 Å². The molecule has 1 unspecified atom stereocenters. The zero-order valence-electron chi connectivity index (χ0n) is 17.7. The lowest BCUT2D eigenvalue weighted by atomic mass is 10.2. The Hall–Kier alpha value is -3.33. The Morgan fingerprint density at radius 2 is 1.48 bits per heavy atom. The van der Waals surface area contributed by atoms with Crippen LogP contribution in [0.3, 0.4) is 0 Å². The summed E-state index contributed by atoms with van der Waals surface area (Å²) in [6.07, 6.45) is 2.02. The van der Waals surface area contributed by atoms with Gasteiger partial charge in [0.25, 0.3) is 0 Å². The van der Waals surface area contributed by atoms with Gasteiger partial charge in [0.05, 0.1) is 12.4 Å². The summed E-state index contributed by atoms with van der Waals surface area (Å²) in [5.41, 5.74) is 2.00. The third-order valence-electron chi connectivity index (χ3n) is 4.83. The molecule has 0 fully saturated rings. The van der Waals surface area contributed by atoms with E-state index in [1.54, 1.807) is 61.6 Å². The van der Waals surface area contributed by atoms with Crippen LogP contribution in [-0.4, -0.2) is 50.8 Å². The van der Waals surface area contributed by atoms with Crippen molar-refractivity contribution in [2.45, 2.75) is 20.0 Å². The molecule has 164 valence electrons. The first-order valence-corrected chi connectivity index (χ1v) is 9.87. The second-order valence-electron chi connectivity index (χ2n) is 6.93. The highest BCUT2D eigenvalue weighted by Crippen LogP contribution is 2.17. The molecule has 10 heteroatoms. The summed E-state index contributed by atoms with van der Waals surface area (Å²) in [6, 6.07) is 6.75. The Labute approximate surface area is 184 Å². The van der Waals surface area contributed by atoms with Crippen molar-refractivity contribution < 1.29 is 23.8 Å². The van der Waals surface area contributed by atoms with Gasteiger partial charge in [-0.05, 0) is 38.1 Å². The van der Waals surface area contributed by atoms with Gasteiger partial charge in [0.2, 0.25) is 0 Å². The van der Waals surface area contributed by atoms with Crippen molar-refractivity contribution in [1.82, 2.24) is 19.6 Å². The number of ether oxygens (including phenoxy) is 3. The molecule has 0 saturated carbocycles. The largest absolute Gasteiger partial charge is 0.490 e. The summed E-state index contributed by atoms with van der Waals surface area (Å²) in [4.78, 5) is 25.0. The standard InChI is InChI=1S/C21H23ClN4O5/c1-13-18(9-23-25(13)3)20(27)30-12-17(11-29-16-7-5-15(22)6-8-16)31-21(28)19-10-24-26(4)14(19)2/h5-10,17H,11-12H2,1-4H3. The molecule has 31 heavy (non-hydrogen) atoms. The van der Waals surface area contributed by atoms with E-state index in [1.807, 2.05) is 0 Å². The number of rotatable bonds is 8. The summed E-state index contributed by atoms with van der Waals surface area (Å²) < 4.78 is 19.8. The van der Waals surface area contributed by atoms with Crippen molar-refractivity contribution in [2.75, 3.05) is 13.2 Å². The maximum absolute atomic E-state index is 12.6. The van der Waals surface area contributed by atoms with E-state index >= 15 is 0 Å². The molecule has 0 bridgehead atoms. The Bertz CT molecular complexity index is 1070. The molecular formula is C21H23ClN4O5. The van der Waals surface area contributed by atoms with Crippen LogP contribution in [0.1, 0.15) is 32.1 Å². The Morgan fingerprint density at radius 1 is 0.935 bits per heavy atom. The van der Waals surface area contributed by atoms with Gasteiger partial charge in [-0.1, -0.05) is 11.6 Å². The second-order valence-corrected chi connectivity index (χ2v) is 7.36. The molecule has 2 heterocycles. The number of nitrogens with zero attached hydrogens (tertiary/aromatic N) is 4. The highest BCUT2D eigenvalue weighted by Gasteiger charge is 2.23. The Balaban J connectivity index is 1.68. The molecule has 0 radical (unpaired) electrons. The third kappa shape index (κ3) is 5.43. The molecule has 3 aromatic rings. The van der Waals surface area contributed by atoms with Crippen LogP contribution in [0, 0.1) is 13.8 Å². The summed E-state index contributed by atoms with van der Waals surface area (Å²) in [5, 5.41) is 8.66. The van der Waals surface area contributed by atoms with Crippen LogP contribution in [0.15, 0.2) is 36.7 Å². The minimum absolute atomic E-state index is 0.0218. The molecule has 0 saturated heterocycles. The van der Waals surface area contributed by atoms with Crippen LogP contribution in [0.2, 0.25) is 5.02 Å². The lowest BCUT2D eigenvalue weighted by Gasteiger charge is -2.18. The van der Waals surface area contributed by atoms with Crippen LogP contribution >= 0.6 is 11.6 Å². The van der Waals surface area contributed by atoms with Crippen molar-refractivity contribution in [3.8, 4) is 5.75 Å². The minimum Gasteiger partial charge on any atom is -0.490 e. The zero-order chi connectivity index (χ0) is 22.5. The molecule has 1 aromatic carbocycles. The summed E-state index contributed by atoms with van der Waals surface area (Å²) in [7, 11) is 3.46. The van der Waals surface area contributed by atoms with Crippen LogP contribution in [0.25, 0.3) is 0 Å². The minimum atomic E-state index is -0.844. The lowest BCUT2D eigenvalue weighted by Crippen LogP contribution is -2.31. The summed E-state index contributed by atoms with van der Waals surface area (Å²) in [5.74, 6) is -0.600. The fourth-order valence-electron chi connectivity index (χ4n) is 2.70. The first-order chi connectivity index (χ1) is 14.8. The van der Waals surface area contributed by atoms with Gasteiger partial charge in [-0.2, -0.15) is 10.2 Å². The molecule has 0 amide bonds. The van der Waals surface area contributed by atoms with Gasteiger partial charge in [-0.3, -0.25) is 9.36 Å². The molecule has 0 N–H and O–H groups in total. The number of esters is 2. The number of hydrogen-bond donors (Lipinski definition) is 0. The van der Waals surface area contributed by atoms with Gasteiger partial charge in [0.15, 0.2) is 6.10 Å². The molecule has 0 spiro atoms. The van der Waals surface area contributed by atoms with Crippen LogP contribution in [-0.2, 0) is 23.6 Å². The maximum Gasteiger partial charge on any atom is 0.342 e. The number of carbonyl (C=O) groups excluding carboxylic acids is 2. The van der Waals surface area contributed by atoms with E-state index in [9.17, 15) is 9.59 Å². The topological polar surface area (TPSA) is 97.5 Å². The molecule has 0 aliphatic heterocycles. The molecule has 3 rings (SSSR count). The lowest BCUT2D eigenvalue weighted by molar-refractivity contribution is -0.0136. The number of aromatic nitrogens is 4. The quantitative estimate of drug-likeness (QED) is 0.490. The third-order valence-corrected chi connectivity index (χ3v) is 5.09. The monoisotopic (exact) mass is 446 g/mol. The van der Waals surface area contributed by atoms with E-state index in [4.69, 9.17) is 25.8 Å². The van der Waals surface area contributed by atoms with Crippen molar-refractivity contribution in [1.29, 1.82) is 0 Å². The average molecular weight is 447 g/mol. The molecule has 9 nitrogen and oxygen atoms in total. The van der Waals surface area contributed by atoms with Crippen molar-refractivity contribution in [2.24, 2.45) is 14.1 Å². The second kappa shape index (κ2) is 9.65. The zero-order valence-corrected chi connectivity index (χ0v) is 18.4. The Kier molecular flexibility index (Phi) is 6.96. The average Bonchev–Trinajstić information content (AvgIpc) is 3.26. The number of hydrogen-bond acceptors (Lipinski definition) is 7. The molecular weight excluding hydrogens is 424 g/mol. The van der Waals surface area contributed by atoms with Gasteiger partial charge >= 0.3 is 11.9 Å². The fraction of sp³-hybridized carbons (Fsp3) is 0.333. The van der Waals surface area contributed by atoms with Crippen LogP contribution in [0.4, 0.5) is 0 Å². The molecule has 0 aliphatic rings. The van der Waals surface area contributed by atoms with Gasteiger partial charge in [0.1, 0.15) is 30.1 Å². The van der Waals surface area contributed by atoms with E-state index in [0.29, 0.717) is 33.3 Å². The summed E-state index contributed by atoms with van der Waals surface area (Å²) >= 11 is 5.89. The van der Waals surface area contributed by atoms with Crippen molar-refractivity contribution in [3.05, 3.63) is 64.2 Å².